The molecule has 0 bridgehead atoms. The van der Waals surface area contributed by atoms with Crippen LogP contribution in [0.25, 0.3) is 21.5 Å². The molecule has 5 aromatic rings. The average Bonchev–Trinajstić information content (AvgIpc) is 2.97. The molecule has 0 N–H and O–H groups in total. The van der Waals surface area contributed by atoms with Crippen LogP contribution in [0.4, 0.5) is 50.6 Å². The summed E-state index contributed by atoms with van der Waals surface area (Å²) in [5.74, 6) is 0.654. The molecule has 0 atom stereocenters. The van der Waals surface area contributed by atoms with Gasteiger partial charge in [-0.05, 0) is 65.6 Å². The van der Waals surface area contributed by atoms with Crippen molar-refractivity contribution < 1.29 is 116 Å². The van der Waals surface area contributed by atoms with Gasteiger partial charge in [0.15, 0.2) is 10.7 Å². The number of fused-ring (bicyclic) bond motifs is 2. The van der Waals surface area contributed by atoms with E-state index in [4.69, 9.17) is 0 Å². The fourth-order valence-corrected chi connectivity index (χ4v) is 7.86. The molecule has 5 rings (SSSR count). The Morgan fingerprint density at radius 3 is 1.09 bits per heavy atom. The Morgan fingerprint density at radius 1 is 0.464 bits per heavy atom. The monoisotopic (exact) mass is 1500 g/mol. The quantitative estimate of drug-likeness (QED) is 0.0963. The number of halogens is 21. The molecule has 24 heteroatoms. The van der Waals surface area contributed by atoms with Gasteiger partial charge < -0.3 is 0 Å². The zero-order valence-corrected chi connectivity index (χ0v) is 43.3. The van der Waals surface area contributed by atoms with E-state index in [1.807, 2.05) is 22.6 Å². The molecule has 0 unspecified atom stereocenters. The Kier molecular flexibility index (Phi) is 18.5. The Labute approximate surface area is 352 Å². The van der Waals surface area contributed by atoms with Crippen molar-refractivity contribution in [2.75, 3.05) is 9.36 Å². The van der Waals surface area contributed by atoms with Gasteiger partial charge in [-0.15, -0.1) is 0 Å². The maximum atomic E-state index is 9.93. The number of benzene rings is 5. The molecule has 5 aromatic carbocycles. The van der Waals surface area contributed by atoms with E-state index in [2.05, 4.69) is 135 Å². The van der Waals surface area contributed by atoms with Gasteiger partial charge in [0.2, 0.25) is 0 Å². The van der Waals surface area contributed by atoms with Crippen LogP contribution in [-0.2, 0) is 0 Å². The van der Waals surface area contributed by atoms with Gasteiger partial charge in [-0.2, -0.15) is 0 Å². The number of rotatable bonds is 4. The molecule has 0 saturated heterocycles. The van der Waals surface area contributed by atoms with E-state index in [9.17, 15) is 50.6 Å². The van der Waals surface area contributed by atoms with Crippen LogP contribution in [0.1, 0.15) is 32.3 Å². The molecule has 0 aliphatic carbocycles. The van der Waals surface area contributed by atoms with Crippen molar-refractivity contribution >= 4 is 80.0 Å². The van der Waals surface area contributed by atoms with Crippen molar-refractivity contribution in [3.63, 3.8) is 0 Å². The van der Waals surface area contributed by atoms with Crippen LogP contribution < -0.4 is 65.0 Å². The van der Waals surface area contributed by atoms with E-state index >= 15 is 0 Å². The van der Waals surface area contributed by atoms with E-state index in [-0.39, 0.29) is 42.4 Å². The van der Waals surface area contributed by atoms with Crippen LogP contribution in [0, 0.1) is 10.7 Å². The summed E-state index contributed by atoms with van der Waals surface area (Å²) in [6.45, 7) is 6.70. The third-order valence-electron chi connectivity index (χ3n) is 5.50. The van der Waals surface area contributed by atoms with E-state index in [1.54, 1.807) is 7.14 Å². The molecule has 0 aliphatic heterocycles. The first kappa shape index (κ1) is 56.0. The fourth-order valence-electron chi connectivity index (χ4n) is 3.65. The normalized spacial score (nSPS) is 15.2. The van der Waals surface area contributed by atoms with Crippen molar-refractivity contribution in [1.82, 2.24) is 0 Å². The zero-order chi connectivity index (χ0) is 44.3. The van der Waals surface area contributed by atoms with Crippen molar-refractivity contribution in [1.29, 1.82) is 0 Å². The van der Waals surface area contributed by atoms with Gasteiger partial charge in [-0.25, -0.2) is 0 Å². The van der Waals surface area contributed by atoms with Gasteiger partial charge in [0.1, 0.15) is 9.36 Å². The van der Waals surface area contributed by atoms with Crippen LogP contribution >= 0.6 is 0 Å². The number of hydrogen-bond donors (Lipinski definition) is 0. The van der Waals surface area contributed by atoms with Gasteiger partial charge in [-0.3, -0.25) is 0 Å². The maximum absolute atomic E-state index is 11.2. The average molecular weight is 1510 g/mol. The third-order valence-corrected chi connectivity index (χ3v) is 10.9. The van der Waals surface area contributed by atoms with Crippen molar-refractivity contribution in [3.8, 4) is 0 Å². The molecule has 0 aromatic heterocycles. The van der Waals surface area contributed by atoms with Crippen LogP contribution in [-0.4, -0.2) is 67.8 Å². The van der Waals surface area contributed by atoms with E-state index in [0.717, 1.165) is 0 Å². The van der Waals surface area contributed by atoms with Crippen LogP contribution in [0.2, 0.25) is 0 Å². The van der Waals surface area contributed by atoms with Crippen LogP contribution in [0.15, 0.2) is 109 Å². The first-order valence-corrected chi connectivity index (χ1v) is 39.3. The summed E-state index contributed by atoms with van der Waals surface area (Å²) in [5, 5.41) is 5.65. The summed E-state index contributed by atoms with van der Waals surface area (Å²) in [6, 6.07) is 39.2. The number of alkyl halides is 2. The Hall–Kier alpha value is 0.00455. The molecule has 324 valence electrons. The first-order valence-electron chi connectivity index (χ1n) is 14.9. The predicted molar refractivity (Wildman–Crippen MR) is 180 cm³/mol. The Balaban J connectivity index is 0.000000663. The molecular formula is C32H34F18I3Sb3. The topological polar surface area (TPSA) is 0 Å². The summed E-state index contributed by atoms with van der Waals surface area (Å²) in [7, 11) is 0. The fraction of sp³-hybridized carbons (Fsp3) is 0.188. The summed E-state index contributed by atoms with van der Waals surface area (Å²) < 4.78 is 184. The molecule has 56 heavy (non-hydrogen) atoms. The standard InChI is InChI=1S/C12H12I.C11H10I.C9H12I.18FH.3Sb/c1-2-13-12-9-5-7-10-6-3-4-8-11(10)12;1-12-11-8-4-6-9-5-2-3-7-10(9)11;1-7(2)8-3-5-9(10)6-4-8;;;;;;;;;;;;;;;;;;;;;/h3-9H,2H2,1H3;2-8H,1H3;3-7,10H,1-2H3;18*1H;;;/q3*+1;;;;;;;;;;;;;;;;;;;3*+5/p-18. The first-order chi connectivity index (χ1) is 24.4. The summed E-state index contributed by atoms with van der Waals surface area (Å²) in [4.78, 5) is 2.31. The molecule has 0 saturated carbocycles. The second-order valence-corrected chi connectivity index (χ2v) is 34.6. The van der Waals surface area contributed by atoms with E-state index in [0.29, 0.717) is 5.92 Å². The van der Waals surface area contributed by atoms with Crippen molar-refractivity contribution in [2.24, 2.45) is 0 Å². The third kappa shape index (κ3) is 40.8. The Morgan fingerprint density at radius 2 is 0.768 bits per heavy atom. The summed E-state index contributed by atoms with van der Waals surface area (Å²) in [5.41, 5.74) is 1.42. The van der Waals surface area contributed by atoms with Crippen molar-refractivity contribution in [3.05, 3.63) is 125 Å². The van der Waals surface area contributed by atoms with Gasteiger partial charge in [0.25, 0.3) is 22.6 Å². The second-order valence-electron chi connectivity index (χ2n) is 11.1. The Bertz CT molecular complexity index is 1890. The minimum atomic E-state index is -11.2. The van der Waals surface area contributed by atoms with Gasteiger partial charge in [0.05, 0.1) is 0 Å². The number of hydrogen-bond acceptors (Lipinski definition) is 0. The summed E-state index contributed by atoms with van der Waals surface area (Å²) in [6.07, 6.45) is 0. The second kappa shape index (κ2) is 18.5. The molecule has 0 radical (unpaired) electrons. The van der Waals surface area contributed by atoms with Gasteiger partial charge in [-0.1, -0.05) is 86.6 Å². The molecule has 0 nitrogen and oxygen atoms in total. The molecule has 0 amide bonds. The van der Waals surface area contributed by atoms with Crippen LogP contribution in [0.3, 0.4) is 0 Å². The predicted octanol–water partition coefficient (Wildman–Crippen LogP) is 5.53. The molecule has 0 aliphatic rings. The summed E-state index contributed by atoms with van der Waals surface area (Å²) >= 11 is -31.3. The van der Waals surface area contributed by atoms with Gasteiger partial charge >= 0.3 is 151 Å². The van der Waals surface area contributed by atoms with E-state index < -0.39 is 58.4 Å². The SMILES string of the molecule is CC(C)c1ccc([IH+])cc1.CC[I+]c1cccc2ccccc12.C[I+]c1cccc2ccccc12.[F][Sb-]([F])([F])([F])([F])[F].[F][Sb-]([F])([F])([F])([F])[F].[F][Sb-]([F])([F])([F])([F])[F]. The van der Waals surface area contributed by atoms with E-state index in [1.165, 1.54) is 35.1 Å². The molecule has 0 fully saturated rings. The molecule has 0 heterocycles. The zero-order valence-electron chi connectivity index (χ0n) is 29.0. The van der Waals surface area contributed by atoms with Crippen LogP contribution in [0.5, 0.6) is 0 Å². The van der Waals surface area contributed by atoms with Gasteiger partial charge in [0, 0.05) is 10.8 Å². The van der Waals surface area contributed by atoms with Crippen molar-refractivity contribution in [2.45, 2.75) is 26.7 Å². The molecular weight excluding hydrogens is 1470 g/mol. The molecule has 0 spiro atoms. The minimum absolute atomic E-state index is 0.207.